The normalized spacial score (nSPS) is 15.5. The Morgan fingerprint density at radius 3 is 2.08 bits per heavy atom. The lowest BCUT2D eigenvalue weighted by Gasteiger charge is -2.17. The van der Waals surface area contributed by atoms with Gasteiger partial charge in [-0.1, -0.05) is 13.8 Å². The van der Waals surface area contributed by atoms with Crippen LogP contribution in [-0.2, 0) is 4.74 Å². The Labute approximate surface area is 74.1 Å². The van der Waals surface area contributed by atoms with Crippen molar-refractivity contribution < 1.29 is 14.9 Å². The summed E-state index contributed by atoms with van der Waals surface area (Å²) in [6, 6.07) is 0. The van der Waals surface area contributed by atoms with E-state index in [2.05, 4.69) is 0 Å². The standard InChI is InChI=1S/C8H18O3.H3N/c1-6(2)8(10)5-11-7(3)4-9;/h6-10H,4-5H2,1-3H3;1H3. The van der Waals surface area contributed by atoms with Crippen LogP contribution < -0.4 is 6.15 Å². The van der Waals surface area contributed by atoms with E-state index in [0.717, 1.165) is 0 Å². The summed E-state index contributed by atoms with van der Waals surface area (Å²) in [5, 5.41) is 17.8. The van der Waals surface area contributed by atoms with Crippen LogP contribution in [0.25, 0.3) is 0 Å². The summed E-state index contributed by atoms with van der Waals surface area (Å²) in [6.45, 7) is 5.94. The van der Waals surface area contributed by atoms with Crippen molar-refractivity contribution in [1.82, 2.24) is 6.15 Å². The molecule has 0 aliphatic heterocycles. The van der Waals surface area contributed by atoms with Crippen molar-refractivity contribution in [3.63, 3.8) is 0 Å². The maximum atomic E-state index is 9.26. The zero-order valence-corrected chi connectivity index (χ0v) is 8.16. The lowest BCUT2D eigenvalue weighted by atomic mass is 10.1. The molecule has 5 N–H and O–H groups in total. The second-order valence-corrected chi connectivity index (χ2v) is 3.14. The molecule has 0 rings (SSSR count). The van der Waals surface area contributed by atoms with Crippen LogP contribution in [0.2, 0.25) is 0 Å². The molecule has 76 valence electrons. The van der Waals surface area contributed by atoms with E-state index in [1.54, 1.807) is 6.92 Å². The minimum Gasteiger partial charge on any atom is -0.394 e. The molecule has 4 heteroatoms. The summed E-state index contributed by atoms with van der Waals surface area (Å²) in [4.78, 5) is 0. The molecule has 2 unspecified atom stereocenters. The maximum absolute atomic E-state index is 9.26. The number of ether oxygens (including phenoxy) is 1. The first-order valence-corrected chi connectivity index (χ1v) is 3.98. The molecule has 0 bridgehead atoms. The molecule has 0 aromatic heterocycles. The fourth-order valence-electron chi connectivity index (χ4n) is 0.508. The molecule has 0 aliphatic rings. The van der Waals surface area contributed by atoms with Crippen LogP contribution in [0.3, 0.4) is 0 Å². The van der Waals surface area contributed by atoms with E-state index in [4.69, 9.17) is 9.84 Å². The first-order valence-electron chi connectivity index (χ1n) is 3.98. The van der Waals surface area contributed by atoms with Crippen LogP contribution in [0.5, 0.6) is 0 Å². The summed E-state index contributed by atoms with van der Waals surface area (Å²) in [7, 11) is 0. The van der Waals surface area contributed by atoms with Crippen LogP contribution in [0.15, 0.2) is 0 Å². The third-order valence-electron chi connectivity index (χ3n) is 1.58. The second kappa shape index (κ2) is 7.49. The van der Waals surface area contributed by atoms with Gasteiger partial charge < -0.3 is 21.1 Å². The van der Waals surface area contributed by atoms with E-state index < -0.39 is 6.10 Å². The first kappa shape index (κ1) is 14.4. The third kappa shape index (κ3) is 6.54. The molecule has 0 aliphatic carbocycles. The Morgan fingerprint density at radius 1 is 1.25 bits per heavy atom. The average Bonchev–Trinajstić information content (AvgIpc) is 1.99. The quantitative estimate of drug-likeness (QED) is 0.575. The van der Waals surface area contributed by atoms with E-state index in [1.807, 2.05) is 13.8 Å². The fourth-order valence-corrected chi connectivity index (χ4v) is 0.508. The number of rotatable bonds is 5. The van der Waals surface area contributed by atoms with Crippen molar-refractivity contribution in [3.05, 3.63) is 0 Å². The molecule has 0 heterocycles. The Kier molecular flexibility index (Phi) is 8.97. The van der Waals surface area contributed by atoms with Crippen molar-refractivity contribution in [2.24, 2.45) is 5.92 Å². The highest BCUT2D eigenvalue weighted by Crippen LogP contribution is 2.02. The highest BCUT2D eigenvalue weighted by Gasteiger charge is 2.10. The molecule has 0 saturated heterocycles. The highest BCUT2D eigenvalue weighted by atomic mass is 16.5. The van der Waals surface area contributed by atoms with Gasteiger partial charge in [0.15, 0.2) is 0 Å². The number of hydrogen-bond donors (Lipinski definition) is 3. The zero-order chi connectivity index (χ0) is 8.85. The van der Waals surface area contributed by atoms with Crippen molar-refractivity contribution in [2.75, 3.05) is 13.2 Å². The largest absolute Gasteiger partial charge is 0.394 e. The van der Waals surface area contributed by atoms with Crippen LogP contribution in [0, 0.1) is 5.92 Å². The maximum Gasteiger partial charge on any atom is 0.0796 e. The predicted molar refractivity (Wildman–Crippen MR) is 48.4 cm³/mol. The van der Waals surface area contributed by atoms with Crippen LogP contribution in [0.4, 0.5) is 0 Å². The van der Waals surface area contributed by atoms with E-state index in [0.29, 0.717) is 6.61 Å². The van der Waals surface area contributed by atoms with Gasteiger partial charge in [-0.25, -0.2) is 0 Å². The molecule has 4 nitrogen and oxygen atoms in total. The smallest absolute Gasteiger partial charge is 0.0796 e. The SMILES string of the molecule is CC(CO)OCC(O)C(C)C.N. The summed E-state index contributed by atoms with van der Waals surface area (Å²) in [5.74, 6) is 0.209. The van der Waals surface area contributed by atoms with Gasteiger partial charge in [-0.05, 0) is 12.8 Å². The molecular weight excluding hydrogens is 158 g/mol. The average molecular weight is 179 g/mol. The van der Waals surface area contributed by atoms with E-state index in [-0.39, 0.29) is 24.8 Å². The first-order chi connectivity index (χ1) is 5.07. The van der Waals surface area contributed by atoms with Crippen molar-refractivity contribution in [1.29, 1.82) is 0 Å². The Hall–Kier alpha value is -0.160. The van der Waals surface area contributed by atoms with Crippen LogP contribution in [0.1, 0.15) is 20.8 Å². The number of aliphatic hydroxyl groups is 2. The highest BCUT2D eigenvalue weighted by molar-refractivity contribution is 4.59. The number of aliphatic hydroxyl groups excluding tert-OH is 2. The molecule has 0 aromatic rings. The molecule has 0 radical (unpaired) electrons. The minimum atomic E-state index is -0.427. The van der Waals surface area contributed by atoms with Crippen LogP contribution in [-0.4, -0.2) is 35.6 Å². The summed E-state index contributed by atoms with van der Waals surface area (Å²) in [6.07, 6.45) is -0.604. The Bertz CT molecular complexity index is 98.3. The van der Waals surface area contributed by atoms with Gasteiger partial charge in [-0.15, -0.1) is 0 Å². The Morgan fingerprint density at radius 2 is 1.75 bits per heavy atom. The third-order valence-corrected chi connectivity index (χ3v) is 1.58. The van der Waals surface area contributed by atoms with E-state index in [9.17, 15) is 5.11 Å². The predicted octanol–water partition coefficient (Wildman–Crippen LogP) is 0.563. The van der Waals surface area contributed by atoms with Crippen LogP contribution >= 0.6 is 0 Å². The minimum absolute atomic E-state index is 0. The van der Waals surface area contributed by atoms with Gasteiger partial charge in [-0.2, -0.15) is 0 Å². The monoisotopic (exact) mass is 179 g/mol. The van der Waals surface area contributed by atoms with Crippen molar-refractivity contribution in [3.8, 4) is 0 Å². The summed E-state index contributed by atoms with van der Waals surface area (Å²) >= 11 is 0. The molecular formula is C8H21NO3. The number of hydrogen-bond acceptors (Lipinski definition) is 4. The van der Waals surface area contributed by atoms with Gasteiger partial charge in [0.05, 0.1) is 25.4 Å². The molecule has 0 aromatic carbocycles. The van der Waals surface area contributed by atoms with Gasteiger partial charge >= 0.3 is 0 Å². The van der Waals surface area contributed by atoms with Crippen molar-refractivity contribution >= 4 is 0 Å². The molecule has 0 amide bonds. The lowest BCUT2D eigenvalue weighted by Crippen LogP contribution is -2.25. The summed E-state index contributed by atoms with van der Waals surface area (Å²) in [5.41, 5.74) is 0. The molecule has 0 saturated carbocycles. The van der Waals surface area contributed by atoms with Gasteiger partial charge in [0, 0.05) is 0 Å². The van der Waals surface area contributed by atoms with Gasteiger partial charge in [-0.3, -0.25) is 0 Å². The molecule has 2 atom stereocenters. The zero-order valence-electron chi connectivity index (χ0n) is 8.16. The topological polar surface area (TPSA) is 84.7 Å². The molecule has 12 heavy (non-hydrogen) atoms. The summed E-state index contributed by atoms with van der Waals surface area (Å²) < 4.78 is 5.11. The fraction of sp³-hybridized carbons (Fsp3) is 1.00. The van der Waals surface area contributed by atoms with Gasteiger partial charge in [0.25, 0.3) is 0 Å². The van der Waals surface area contributed by atoms with Crippen molar-refractivity contribution in [2.45, 2.75) is 33.0 Å². The molecule has 0 fully saturated rings. The lowest BCUT2D eigenvalue weighted by molar-refractivity contribution is -0.0366. The van der Waals surface area contributed by atoms with E-state index >= 15 is 0 Å². The molecule has 0 spiro atoms. The Balaban J connectivity index is 0. The second-order valence-electron chi connectivity index (χ2n) is 3.14. The van der Waals surface area contributed by atoms with E-state index in [1.165, 1.54) is 0 Å². The van der Waals surface area contributed by atoms with Gasteiger partial charge in [0.1, 0.15) is 0 Å². The van der Waals surface area contributed by atoms with Gasteiger partial charge in [0.2, 0.25) is 0 Å².